The molecule has 26 heavy (non-hydrogen) atoms. The molecule has 138 valence electrons. The van der Waals surface area contributed by atoms with E-state index in [1.165, 1.54) is 12.2 Å². The van der Waals surface area contributed by atoms with Gasteiger partial charge in [0.25, 0.3) is 0 Å². The number of benzene rings is 2. The summed E-state index contributed by atoms with van der Waals surface area (Å²) in [5.41, 5.74) is -0.308. The Bertz CT molecular complexity index is 804. The zero-order valence-electron chi connectivity index (χ0n) is 13.9. The van der Waals surface area contributed by atoms with E-state index in [4.69, 9.17) is 16.3 Å². The van der Waals surface area contributed by atoms with Gasteiger partial charge in [0, 0.05) is 11.6 Å². The lowest BCUT2D eigenvalue weighted by molar-refractivity contribution is -0.137. The van der Waals surface area contributed by atoms with E-state index in [9.17, 15) is 18.0 Å². The fourth-order valence-corrected chi connectivity index (χ4v) is 2.26. The molecule has 0 aliphatic rings. The molecule has 0 radical (unpaired) electrons. The van der Waals surface area contributed by atoms with Crippen molar-refractivity contribution in [2.75, 3.05) is 11.9 Å². The standard InChI is InChI=1S/C19H17ClF3NO2/c1-2-11-26-17-6-4-3-5-13(17)7-10-18(25)24-16-12-14(19(21,22)23)8-9-15(16)20/h3-10,12H,2,11H2,1H3,(H,24,25)/b10-7+. The number of amides is 1. The minimum atomic E-state index is -4.52. The maximum Gasteiger partial charge on any atom is 0.416 e. The van der Waals surface area contributed by atoms with Gasteiger partial charge >= 0.3 is 6.18 Å². The summed E-state index contributed by atoms with van der Waals surface area (Å²) in [5.74, 6) is 0.0204. The molecular formula is C19H17ClF3NO2. The Balaban J connectivity index is 2.13. The Kier molecular flexibility index (Phi) is 6.69. The van der Waals surface area contributed by atoms with Crippen LogP contribution in [-0.4, -0.2) is 12.5 Å². The molecule has 0 spiro atoms. The van der Waals surface area contributed by atoms with Crippen molar-refractivity contribution in [1.82, 2.24) is 0 Å². The van der Waals surface area contributed by atoms with Crippen molar-refractivity contribution in [3.8, 4) is 5.75 Å². The fraction of sp³-hybridized carbons (Fsp3) is 0.211. The second-order valence-electron chi connectivity index (χ2n) is 5.40. The molecule has 2 rings (SSSR count). The summed E-state index contributed by atoms with van der Waals surface area (Å²) < 4.78 is 43.9. The van der Waals surface area contributed by atoms with Gasteiger partial charge < -0.3 is 10.1 Å². The Morgan fingerprint density at radius 2 is 1.96 bits per heavy atom. The first-order valence-corrected chi connectivity index (χ1v) is 8.26. The van der Waals surface area contributed by atoms with E-state index in [-0.39, 0.29) is 10.7 Å². The van der Waals surface area contributed by atoms with Crippen LogP contribution in [0.3, 0.4) is 0 Å². The first-order valence-electron chi connectivity index (χ1n) is 7.89. The summed E-state index contributed by atoms with van der Waals surface area (Å²) in [5, 5.41) is 2.38. The lowest BCUT2D eigenvalue weighted by Gasteiger charge is -2.11. The lowest BCUT2D eigenvalue weighted by Crippen LogP contribution is -2.11. The maximum absolute atomic E-state index is 12.8. The topological polar surface area (TPSA) is 38.3 Å². The minimum absolute atomic E-state index is 0.0198. The second kappa shape index (κ2) is 8.76. The summed E-state index contributed by atoms with van der Waals surface area (Å²) in [6, 6.07) is 9.90. The SMILES string of the molecule is CCCOc1ccccc1/C=C/C(=O)Nc1cc(C(F)(F)F)ccc1Cl. The average molecular weight is 384 g/mol. The number of anilines is 1. The second-order valence-corrected chi connectivity index (χ2v) is 5.81. The zero-order valence-corrected chi connectivity index (χ0v) is 14.7. The number of rotatable bonds is 6. The summed E-state index contributed by atoms with van der Waals surface area (Å²) in [4.78, 5) is 12.0. The number of hydrogen-bond acceptors (Lipinski definition) is 2. The van der Waals surface area contributed by atoms with Crippen LogP contribution in [0.4, 0.5) is 18.9 Å². The monoisotopic (exact) mass is 383 g/mol. The molecule has 7 heteroatoms. The summed E-state index contributed by atoms with van der Waals surface area (Å²) in [6.07, 6.45) is -0.936. The molecular weight excluding hydrogens is 367 g/mol. The van der Waals surface area contributed by atoms with E-state index in [1.807, 2.05) is 13.0 Å². The minimum Gasteiger partial charge on any atom is -0.493 e. The van der Waals surface area contributed by atoms with Gasteiger partial charge in [-0.25, -0.2) is 0 Å². The summed E-state index contributed by atoms with van der Waals surface area (Å²) in [7, 11) is 0. The van der Waals surface area contributed by atoms with Gasteiger partial charge in [0.05, 0.1) is 22.9 Å². The van der Waals surface area contributed by atoms with Crippen LogP contribution in [0.5, 0.6) is 5.75 Å². The number of carbonyl (C=O) groups excluding carboxylic acids is 1. The maximum atomic E-state index is 12.8. The van der Waals surface area contributed by atoms with Crippen molar-refractivity contribution in [3.05, 3.63) is 64.7 Å². The molecule has 0 bridgehead atoms. The molecule has 2 aromatic carbocycles. The highest BCUT2D eigenvalue weighted by atomic mass is 35.5. The molecule has 0 heterocycles. The number of carbonyl (C=O) groups is 1. The molecule has 0 saturated heterocycles. The van der Waals surface area contributed by atoms with E-state index >= 15 is 0 Å². The highest BCUT2D eigenvalue weighted by Gasteiger charge is 2.31. The van der Waals surface area contributed by atoms with E-state index in [2.05, 4.69) is 5.32 Å². The van der Waals surface area contributed by atoms with Gasteiger partial charge in [0.2, 0.25) is 5.91 Å². The fourth-order valence-electron chi connectivity index (χ4n) is 2.10. The number of para-hydroxylation sites is 1. The number of ether oxygens (including phenoxy) is 1. The largest absolute Gasteiger partial charge is 0.493 e. The Hall–Kier alpha value is -2.47. The molecule has 0 atom stereocenters. The molecule has 0 aliphatic carbocycles. The van der Waals surface area contributed by atoms with Crippen molar-refractivity contribution in [2.24, 2.45) is 0 Å². The molecule has 1 amide bonds. The van der Waals surface area contributed by atoms with Crippen molar-refractivity contribution >= 4 is 29.3 Å². The Labute approximate surface area is 154 Å². The van der Waals surface area contributed by atoms with Gasteiger partial charge in [0.15, 0.2) is 0 Å². The molecule has 1 N–H and O–H groups in total. The van der Waals surface area contributed by atoms with Gasteiger partial charge in [-0.2, -0.15) is 13.2 Å². The van der Waals surface area contributed by atoms with Crippen molar-refractivity contribution in [2.45, 2.75) is 19.5 Å². The van der Waals surface area contributed by atoms with E-state index < -0.39 is 17.6 Å². The number of nitrogens with one attached hydrogen (secondary N) is 1. The van der Waals surface area contributed by atoms with Gasteiger partial charge in [-0.15, -0.1) is 0 Å². The molecule has 3 nitrogen and oxygen atoms in total. The third-order valence-corrected chi connectivity index (χ3v) is 3.68. The third kappa shape index (κ3) is 5.52. The predicted molar refractivity (Wildman–Crippen MR) is 96.3 cm³/mol. The van der Waals surface area contributed by atoms with Gasteiger partial charge in [-0.1, -0.05) is 36.7 Å². The Morgan fingerprint density at radius 3 is 2.65 bits per heavy atom. The molecule has 0 unspecified atom stereocenters. The van der Waals surface area contributed by atoms with Crippen molar-refractivity contribution in [1.29, 1.82) is 0 Å². The van der Waals surface area contributed by atoms with Crippen LogP contribution in [0.1, 0.15) is 24.5 Å². The molecule has 0 aliphatic heterocycles. The van der Waals surface area contributed by atoms with Crippen LogP contribution in [0.15, 0.2) is 48.5 Å². The Morgan fingerprint density at radius 1 is 1.23 bits per heavy atom. The van der Waals surface area contributed by atoms with Crippen LogP contribution < -0.4 is 10.1 Å². The first kappa shape index (κ1) is 19.8. The number of alkyl halides is 3. The molecule has 2 aromatic rings. The highest BCUT2D eigenvalue weighted by Crippen LogP contribution is 2.33. The predicted octanol–water partition coefficient (Wildman–Crippen LogP) is 5.80. The van der Waals surface area contributed by atoms with E-state index in [0.29, 0.717) is 17.9 Å². The summed E-state index contributed by atoms with van der Waals surface area (Å²) in [6.45, 7) is 2.52. The van der Waals surface area contributed by atoms with Gasteiger partial charge in [-0.3, -0.25) is 4.79 Å². The van der Waals surface area contributed by atoms with Crippen molar-refractivity contribution < 1.29 is 22.7 Å². The normalized spacial score (nSPS) is 11.6. The van der Waals surface area contributed by atoms with E-state index in [1.54, 1.807) is 18.2 Å². The highest BCUT2D eigenvalue weighted by molar-refractivity contribution is 6.33. The van der Waals surface area contributed by atoms with Crippen LogP contribution in [0.2, 0.25) is 5.02 Å². The molecule has 0 fully saturated rings. The quantitative estimate of drug-likeness (QED) is 0.640. The third-order valence-electron chi connectivity index (χ3n) is 3.35. The average Bonchev–Trinajstić information content (AvgIpc) is 2.59. The number of hydrogen-bond donors (Lipinski definition) is 1. The molecule has 0 aromatic heterocycles. The van der Waals surface area contributed by atoms with Crippen LogP contribution >= 0.6 is 11.6 Å². The summed E-state index contributed by atoms with van der Waals surface area (Å²) >= 11 is 5.86. The lowest BCUT2D eigenvalue weighted by atomic mass is 10.1. The molecule has 0 saturated carbocycles. The van der Waals surface area contributed by atoms with Crippen LogP contribution in [0.25, 0.3) is 6.08 Å². The zero-order chi connectivity index (χ0) is 19.2. The van der Waals surface area contributed by atoms with Gasteiger partial charge in [-0.05, 0) is 36.8 Å². The van der Waals surface area contributed by atoms with Crippen molar-refractivity contribution in [3.63, 3.8) is 0 Å². The van der Waals surface area contributed by atoms with Crippen LogP contribution in [0, 0.1) is 0 Å². The van der Waals surface area contributed by atoms with Crippen LogP contribution in [-0.2, 0) is 11.0 Å². The van der Waals surface area contributed by atoms with Gasteiger partial charge in [0.1, 0.15) is 5.75 Å². The first-order chi connectivity index (χ1) is 12.3. The smallest absolute Gasteiger partial charge is 0.416 e. The van der Waals surface area contributed by atoms with E-state index in [0.717, 1.165) is 24.6 Å². The number of halogens is 4.